The zero-order valence-electron chi connectivity index (χ0n) is 10.4. The minimum absolute atomic E-state index is 0.198. The summed E-state index contributed by atoms with van der Waals surface area (Å²) in [6.07, 6.45) is 1.34. The first-order valence-corrected chi connectivity index (χ1v) is 5.88. The Labute approximate surface area is 101 Å². The van der Waals surface area contributed by atoms with Gasteiger partial charge in [0.1, 0.15) is 0 Å². The summed E-state index contributed by atoms with van der Waals surface area (Å²) >= 11 is 0. The van der Waals surface area contributed by atoms with Gasteiger partial charge in [0.05, 0.1) is 13.7 Å². The van der Waals surface area contributed by atoms with Crippen LogP contribution in [0.2, 0.25) is 0 Å². The van der Waals surface area contributed by atoms with Gasteiger partial charge in [0.15, 0.2) is 0 Å². The van der Waals surface area contributed by atoms with Crippen LogP contribution >= 0.6 is 0 Å². The highest BCUT2D eigenvalue weighted by Gasteiger charge is 2.27. The number of amides is 2. The van der Waals surface area contributed by atoms with Gasteiger partial charge >= 0.3 is 6.09 Å². The van der Waals surface area contributed by atoms with E-state index in [0.29, 0.717) is 12.5 Å². The Balaban J connectivity index is 2.43. The Kier molecular flexibility index (Phi) is 5.37. The minimum Gasteiger partial charge on any atom is -0.453 e. The van der Waals surface area contributed by atoms with Crippen molar-refractivity contribution in [1.29, 1.82) is 0 Å². The van der Waals surface area contributed by atoms with Crippen LogP contribution < -0.4 is 11.1 Å². The maximum Gasteiger partial charge on any atom is 0.413 e. The number of imide groups is 1. The van der Waals surface area contributed by atoms with Gasteiger partial charge in [-0.3, -0.25) is 15.0 Å². The second kappa shape index (κ2) is 6.56. The summed E-state index contributed by atoms with van der Waals surface area (Å²) in [4.78, 5) is 24.4. The number of hydrogen-bond acceptors (Lipinski definition) is 5. The van der Waals surface area contributed by atoms with Gasteiger partial charge < -0.3 is 10.5 Å². The van der Waals surface area contributed by atoms with E-state index in [1.807, 2.05) is 4.90 Å². The summed E-state index contributed by atoms with van der Waals surface area (Å²) in [5, 5.41) is 2.15. The molecule has 0 saturated carbocycles. The number of likely N-dealkylation sites (tertiary alicyclic amines) is 1. The number of methoxy groups -OCH3 is 1. The van der Waals surface area contributed by atoms with Gasteiger partial charge in [0.2, 0.25) is 5.91 Å². The van der Waals surface area contributed by atoms with Gasteiger partial charge in [-0.25, -0.2) is 4.79 Å². The van der Waals surface area contributed by atoms with E-state index >= 15 is 0 Å². The molecule has 2 amide bonds. The first-order valence-electron chi connectivity index (χ1n) is 5.88. The molecule has 1 aliphatic heterocycles. The fourth-order valence-electron chi connectivity index (χ4n) is 2.14. The number of carbonyl (C=O) groups is 2. The second-order valence-corrected chi connectivity index (χ2v) is 4.53. The predicted molar refractivity (Wildman–Crippen MR) is 63.4 cm³/mol. The molecule has 2 atom stereocenters. The van der Waals surface area contributed by atoms with Crippen LogP contribution in [0.4, 0.5) is 4.79 Å². The number of rotatable bonds is 3. The molecule has 98 valence electrons. The monoisotopic (exact) mass is 243 g/mol. The zero-order chi connectivity index (χ0) is 12.8. The van der Waals surface area contributed by atoms with Gasteiger partial charge in [0, 0.05) is 12.6 Å². The standard InChI is InChI=1S/C11H21N3O3/c1-8-3-4-14(9(5-8)6-12)7-10(15)13-11(16)17-2/h8-9H,3-7,12H2,1-2H3,(H,13,15,16). The van der Waals surface area contributed by atoms with Crippen molar-refractivity contribution in [2.24, 2.45) is 11.7 Å². The molecule has 1 saturated heterocycles. The van der Waals surface area contributed by atoms with Crippen LogP contribution in [-0.2, 0) is 9.53 Å². The van der Waals surface area contributed by atoms with Crippen molar-refractivity contribution in [3.8, 4) is 0 Å². The molecule has 0 aromatic rings. The molecule has 0 radical (unpaired) electrons. The van der Waals surface area contributed by atoms with Gasteiger partial charge in [-0.1, -0.05) is 6.92 Å². The molecule has 0 bridgehead atoms. The number of piperidine rings is 1. The highest BCUT2D eigenvalue weighted by molar-refractivity contribution is 5.92. The van der Waals surface area contributed by atoms with Crippen molar-refractivity contribution in [3.63, 3.8) is 0 Å². The maximum absolute atomic E-state index is 11.5. The van der Waals surface area contributed by atoms with Crippen molar-refractivity contribution < 1.29 is 14.3 Å². The molecule has 0 spiro atoms. The Morgan fingerprint density at radius 2 is 2.24 bits per heavy atom. The number of nitrogens with two attached hydrogens (primary N) is 1. The number of nitrogens with one attached hydrogen (secondary N) is 1. The summed E-state index contributed by atoms with van der Waals surface area (Å²) in [5.74, 6) is 0.299. The van der Waals surface area contributed by atoms with Gasteiger partial charge in [-0.15, -0.1) is 0 Å². The summed E-state index contributed by atoms with van der Waals surface area (Å²) in [6.45, 7) is 3.77. The van der Waals surface area contributed by atoms with E-state index in [1.54, 1.807) is 0 Å². The number of nitrogens with zero attached hydrogens (tertiary/aromatic N) is 1. The van der Waals surface area contributed by atoms with E-state index in [9.17, 15) is 9.59 Å². The molecule has 6 heteroatoms. The third-order valence-electron chi connectivity index (χ3n) is 3.15. The molecule has 6 nitrogen and oxygen atoms in total. The molecule has 0 aromatic heterocycles. The van der Waals surface area contributed by atoms with Crippen molar-refractivity contribution >= 4 is 12.0 Å². The molecule has 1 fully saturated rings. The lowest BCUT2D eigenvalue weighted by Crippen LogP contribution is -2.50. The molecular weight excluding hydrogens is 222 g/mol. The molecule has 1 heterocycles. The summed E-state index contributed by atoms with van der Waals surface area (Å²) in [7, 11) is 1.23. The topological polar surface area (TPSA) is 84.7 Å². The number of ether oxygens (including phenoxy) is 1. The van der Waals surface area contributed by atoms with E-state index < -0.39 is 6.09 Å². The molecule has 1 aliphatic rings. The van der Waals surface area contributed by atoms with Crippen LogP contribution in [0.5, 0.6) is 0 Å². The third-order valence-corrected chi connectivity index (χ3v) is 3.15. The normalized spacial score (nSPS) is 25.4. The zero-order valence-corrected chi connectivity index (χ0v) is 10.4. The molecule has 0 aromatic carbocycles. The Morgan fingerprint density at radius 1 is 1.53 bits per heavy atom. The van der Waals surface area contributed by atoms with Gasteiger partial charge in [0.25, 0.3) is 0 Å². The van der Waals surface area contributed by atoms with Crippen molar-refractivity contribution in [2.45, 2.75) is 25.8 Å². The number of carbonyl (C=O) groups excluding carboxylic acids is 2. The maximum atomic E-state index is 11.5. The van der Waals surface area contributed by atoms with Crippen LogP contribution in [0.1, 0.15) is 19.8 Å². The van der Waals surface area contributed by atoms with Crippen molar-refractivity contribution in [3.05, 3.63) is 0 Å². The molecule has 1 rings (SSSR count). The Bertz CT molecular complexity index is 283. The van der Waals surface area contributed by atoms with Crippen molar-refractivity contribution in [2.75, 3.05) is 26.7 Å². The third kappa shape index (κ3) is 4.32. The molecule has 2 unspecified atom stereocenters. The lowest BCUT2D eigenvalue weighted by molar-refractivity contribution is -0.122. The average molecular weight is 243 g/mol. The first-order chi connectivity index (χ1) is 8.06. The lowest BCUT2D eigenvalue weighted by Gasteiger charge is -2.37. The first kappa shape index (κ1) is 13.9. The molecular formula is C11H21N3O3. The number of alkyl carbamates (subject to hydrolysis) is 1. The van der Waals surface area contributed by atoms with Crippen LogP contribution in [0.3, 0.4) is 0 Å². The second-order valence-electron chi connectivity index (χ2n) is 4.53. The van der Waals surface area contributed by atoms with Crippen LogP contribution in [-0.4, -0.2) is 49.7 Å². The minimum atomic E-state index is -0.718. The highest BCUT2D eigenvalue weighted by atomic mass is 16.5. The van der Waals surface area contributed by atoms with E-state index in [4.69, 9.17) is 5.73 Å². The quantitative estimate of drug-likeness (QED) is 0.724. The van der Waals surface area contributed by atoms with E-state index in [-0.39, 0.29) is 18.5 Å². The van der Waals surface area contributed by atoms with Crippen LogP contribution in [0.25, 0.3) is 0 Å². The Hall–Kier alpha value is -1.14. The van der Waals surface area contributed by atoms with Crippen LogP contribution in [0, 0.1) is 5.92 Å². The smallest absolute Gasteiger partial charge is 0.413 e. The predicted octanol–water partition coefficient (Wildman–Crippen LogP) is -0.0718. The summed E-state index contributed by atoms with van der Waals surface area (Å²) < 4.78 is 4.37. The SMILES string of the molecule is COC(=O)NC(=O)CN1CCC(C)CC1CN. The average Bonchev–Trinajstić information content (AvgIpc) is 2.31. The van der Waals surface area contributed by atoms with Gasteiger partial charge in [-0.2, -0.15) is 0 Å². The lowest BCUT2D eigenvalue weighted by atomic mass is 9.92. The number of hydrogen-bond donors (Lipinski definition) is 2. The molecule has 0 aliphatic carbocycles. The van der Waals surface area contributed by atoms with E-state index in [2.05, 4.69) is 17.0 Å². The fraction of sp³-hybridized carbons (Fsp3) is 0.818. The van der Waals surface area contributed by atoms with E-state index in [0.717, 1.165) is 19.4 Å². The summed E-state index contributed by atoms with van der Waals surface area (Å²) in [5.41, 5.74) is 5.69. The largest absolute Gasteiger partial charge is 0.453 e. The van der Waals surface area contributed by atoms with Crippen LogP contribution in [0.15, 0.2) is 0 Å². The summed E-state index contributed by atoms with van der Waals surface area (Å²) in [6, 6.07) is 0.224. The molecule has 3 N–H and O–H groups in total. The van der Waals surface area contributed by atoms with Gasteiger partial charge in [-0.05, 0) is 25.3 Å². The fourth-order valence-corrected chi connectivity index (χ4v) is 2.14. The van der Waals surface area contributed by atoms with Crippen molar-refractivity contribution in [1.82, 2.24) is 10.2 Å². The Morgan fingerprint density at radius 3 is 2.82 bits per heavy atom. The highest BCUT2D eigenvalue weighted by Crippen LogP contribution is 2.21. The van der Waals surface area contributed by atoms with E-state index in [1.165, 1.54) is 7.11 Å². The molecule has 17 heavy (non-hydrogen) atoms.